The van der Waals surface area contributed by atoms with Crippen LogP contribution < -0.4 is 10.2 Å². The first-order valence-corrected chi connectivity index (χ1v) is 12.4. The fourth-order valence-electron chi connectivity index (χ4n) is 4.56. The Balaban J connectivity index is 1.23. The SMILES string of the molecule is CCOC(=O)N1CCN(C(=O)c2ccc(N3CCC(NCc4cccc(Cl)c4)CC3)cc2)CC1. The summed E-state index contributed by atoms with van der Waals surface area (Å²) in [6.45, 7) is 7.00. The van der Waals surface area contributed by atoms with E-state index in [1.165, 1.54) is 5.56 Å². The number of rotatable bonds is 6. The van der Waals surface area contributed by atoms with Crippen molar-refractivity contribution in [2.45, 2.75) is 32.4 Å². The summed E-state index contributed by atoms with van der Waals surface area (Å²) in [5.74, 6) is 0.0129. The summed E-state index contributed by atoms with van der Waals surface area (Å²) in [6.07, 6.45) is 1.85. The van der Waals surface area contributed by atoms with Gasteiger partial charge in [-0.2, -0.15) is 0 Å². The van der Waals surface area contributed by atoms with Crippen molar-refractivity contribution in [3.63, 3.8) is 0 Å². The molecule has 2 amide bonds. The second-order valence-electron chi connectivity index (χ2n) is 8.80. The molecule has 0 aliphatic carbocycles. The standard InChI is InChI=1S/C26H33ClN4O3/c1-2-34-26(33)31-16-14-30(15-17-31)25(32)21-6-8-24(9-7-21)29-12-10-23(11-13-29)28-19-20-4-3-5-22(27)18-20/h3-9,18,23,28H,2,10-17,19H2,1H3. The number of hydrogen-bond acceptors (Lipinski definition) is 5. The molecule has 0 unspecified atom stereocenters. The maximum Gasteiger partial charge on any atom is 0.409 e. The lowest BCUT2D eigenvalue weighted by Crippen LogP contribution is -2.50. The third-order valence-corrected chi connectivity index (χ3v) is 6.79. The topological polar surface area (TPSA) is 65.1 Å². The molecular weight excluding hydrogens is 452 g/mol. The molecule has 2 aliphatic heterocycles. The van der Waals surface area contributed by atoms with Crippen LogP contribution in [0, 0.1) is 0 Å². The normalized spacial score (nSPS) is 17.1. The third kappa shape index (κ3) is 6.21. The van der Waals surface area contributed by atoms with E-state index < -0.39 is 0 Å². The average Bonchev–Trinajstić information content (AvgIpc) is 2.88. The number of nitrogens with one attached hydrogen (secondary N) is 1. The summed E-state index contributed by atoms with van der Waals surface area (Å²) >= 11 is 6.08. The van der Waals surface area contributed by atoms with Crippen molar-refractivity contribution in [3.05, 3.63) is 64.7 Å². The molecule has 2 fully saturated rings. The first-order chi connectivity index (χ1) is 16.5. The molecule has 0 saturated carbocycles. The van der Waals surface area contributed by atoms with Crippen molar-refractivity contribution in [1.82, 2.24) is 15.1 Å². The summed E-state index contributed by atoms with van der Waals surface area (Å²) in [7, 11) is 0. The van der Waals surface area contributed by atoms with Crippen LogP contribution in [0.4, 0.5) is 10.5 Å². The number of carbonyl (C=O) groups excluding carboxylic acids is 2. The molecule has 0 atom stereocenters. The second-order valence-corrected chi connectivity index (χ2v) is 9.23. The summed E-state index contributed by atoms with van der Waals surface area (Å²) in [4.78, 5) is 30.6. The van der Waals surface area contributed by atoms with Gasteiger partial charge >= 0.3 is 6.09 Å². The largest absolute Gasteiger partial charge is 0.450 e. The van der Waals surface area contributed by atoms with Crippen LogP contribution in [0.5, 0.6) is 0 Å². The quantitative estimate of drug-likeness (QED) is 0.671. The summed E-state index contributed by atoms with van der Waals surface area (Å²) < 4.78 is 5.05. The molecule has 0 radical (unpaired) electrons. The number of anilines is 1. The van der Waals surface area contributed by atoms with E-state index in [-0.39, 0.29) is 12.0 Å². The zero-order chi connectivity index (χ0) is 23.9. The van der Waals surface area contributed by atoms with Crippen LogP contribution >= 0.6 is 11.6 Å². The maximum atomic E-state index is 12.9. The van der Waals surface area contributed by atoms with Gasteiger partial charge in [0.15, 0.2) is 0 Å². The number of nitrogens with zero attached hydrogens (tertiary/aromatic N) is 3. The van der Waals surface area contributed by atoms with Crippen molar-refractivity contribution in [3.8, 4) is 0 Å². The Labute approximate surface area is 206 Å². The summed E-state index contributed by atoms with van der Waals surface area (Å²) in [5, 5.41) is 4.42. The van der Waals surface area contributed by atoms with Crippen molar-refractivity contribution in [1.29, 1.82) is 0 Å². The molecule has 0 spiro atoms. The molecule has 2 aromatic carbocycles. The third-order valence-electron chi connectivity index (χ3n) is 6.55. The number of halogens is 1. The van der Waals surface area contributed by atoms with E-state index >= 15 is 0 Å². The van der Waals surface area contributed by atoms with E-state index in [2.05, 4.69) is 16.3 Å². The molecule has 34 heavy (non-hydrogen) atoms. The Kier molecular flexibility index (Phi) is 8.29. The molecule has 7 nitrogen and oxygen atoms in total. The minimum absolute atomic E-state index is 0.0129. The van der Waals surface area contributed by atoms with Gasteiger partial charge in [-0.1, -0.05) is 23.7 Å². The monoisotopic (exact) mass is 484 g/mol. The van der Waals surface area contributed by atoms with E-state index in [0.29, 0.717) is 44.4 Å². The van der Waals surface area contributed by atoms with Gasteiger partial charge in [-0.25, -0.2) is 4.79 Å². The van der Waals surface area contributed by atoms with E-state index in [1.54, 1.807) is 11.8 Å². The highest BCUT2D eigenvalue weighted by molar-refractivity contribution is 6.30. The highest BCUT2D eigenvalue weighted by Crippen LogP contribution is 2.22. The first kappa shape index (κ1) is 24.4. The van der Waals surface area contributed by atoms with Crippen molar-refractivity contribution < 1.29 is 14.3 Å². The summed E-state index contributed by atoms with van der Waals surface area (Å²) in [5.41, 5.74) is 3.04. The highest BCUT2D eigenvalue weighted by atomic mass is 35.5. The van der Waals surface area contributed by atoms with Gasteiger partial charge in [-0.05, 0) is 61.7 Å². The van der Waals surface area contributed by atoms with Crippen LogP contribution in [0.2, 0.25) is 5.02 Å². The molecule has 2 aromatic rings. The Morgan fingerprint density at radius 3 is 2.29 bits per heavy atom. The Morgan fingerprint density at radius 2 is 1.65 bits per heavy atom. The lowest BCUT2D eigenvalue weighted by atomic mass is 10.0. The van der Waals surface area contributed by atoms with Gasteiger partial charge in [0.1, 0.15) is 0 Å². The van der Waals surface area contributed by atoms with Gasteiger partial charge in [0, 0.05) is 68.1 Å². The summed E-state index contributed by atoms with van der Waals surface area (Å²) in [6, 6.07) is 16.4. The van der Waals surface area contributed by atoms with Gasteiger partial charge in [-0.15, -0.1) is 0 Å². The number of piperazine rings is 1. The van der Waals surface area contributed by atoms with Crippen LogP contribution in [-0.2, 0) is 11.3 Å². The number of carbonyl (C=O) groups is 2. The smallest absolute Gasteiger partial charge is 0.409 e. The zero-order valence-electron chi connectivity index (χ0n) is 19.7. The fraction of sp³-hybridized carbons (Fsp3) is 0.462. The molecule has 2 saturated heterocycles. The Hall–Kier alpha value is -2.77. The molecule has 2 aliphatic rings. The highest BCUT2D eigenvalue weighted by Gasteiger charge is 2.26. The molecule has 4 rings (SSSR count). The number of piperidine rings is 1. The molecule has 0 bridgehead atoms. The van der Waals surface area contributed by atoms with Gasteiger partial charge in [0.2, 0.25) is 0 Å². The second kappa shape index (κ2) is 11.6. The van der Waals surface area contributed by atoms with Crippen molar-refractivity contribution in [2.75, 3.05) is 50.8 Å². The Bertz CT molecular complexity index is 968. The van der Waals surface area contributed by atoms with E-state index in [1.807, 2.05) is 47.4 Å². The average molecular weight is 485 g/mol. The van der Waals surface area contributed by atoms with Gasteiger partial charge < -0.3 is 24.8 Å². The molecule has 182 valence electrons. The molecule has 8 heteroatoms. The Morgan fingerprint density at radius 1 is 0.971 bits per heavy atom. The predicted octanol–water partition coefficient (Wildman–Crippen LogP) is 4.01. The van der Waals surface area contributed by atoms with Gasteiger partial charge in [-0.3, -0.25) is 4.79 Å². The number of hydrogen-bond donors (Lipinski definition) is 1. The fourth-order valence-corrected chi connectivity index (χ4v) is 4.77. The number of benzene rings is 2. The van der Waals surface area contributed by atoms with Crippen molar-refractivity contribution in [2.24, 2.45) is 0 Å². The van der Waals surface area contributed by atoms with Crippen LogP contribution in [-0.4, -0.2) is 73.7 Å². The van der Waals surface area contributed by atoms with Gasteiger partial charge in [0.25, 0.3) is 5.91 Å². The van der Waals surface area contributed by atoms with E-state index in [0.717, 1.165) is 43.2 Å². The van der Waals surface area contributed by atoms with Crippen molar-refractivity contribution >= 4 is 29.3 Å². The van der Waals surface area contributed by atoms with Crippen LogP contribution in [0.1, 0.15) is 35.7 Å². The molecule has 0 aromatic heterocycles. The zero-order valence-corrected chi connectivity index (χ0v) is 20.5. The number of amides is 2. The van der Waals surface area contributed by atoms with Crippen LogP contribution in [0.15, 0.2) is 48.5 Å². The van der Waals surface area contributed by atoms with E-state index in [4.69, 9.17) is 16.3 Å². The molecular formula is C26H33ClN4O3. The van der Waals surface area contributed by atoms with Crippen LogP contribution in [0.25, 0.3) is 0 Å². The van der Waals surface area contributed by atoms with Crippen LogP contribution in [0.3, 0.4) is 0 Å². The lowest BCUT2D eigenvalue weighted by Gasteiger charge is -2.35. The number of ether oxygens (including phenoxy) is 1. The minimum atomic E-state index is -0.303. The maximum absolute atomic E-state index is 12.9. The molecule has 2 heterocycles. The predicted molar refractivity (Wildman–Crippen MR) is 134 cm³/mol. The first-order valence-electron chi connectivity index (χ1n) is 12.1. The lowest BCUT2D eigenvalue weighted by molar-refractivity contribution is 0.0570. The van der Waals surface area contributed by atoms with Gasteiger partial charge in [0.05, 0.1) is 6.61 Å². The minimum Gasteiger partial charge on any atom is -0.450 e. The van der Waals surface area contributed by atoms with E-state index in [9.17, 15) is 9.59 Å². The molecule has 1 N–H and O–H groups in total.